The SMILES string of the molecule is C=CCNS(=O)(=O)CC=C. The van der Waals surface area contributed by atoms with E-state index in [1.54, 1.807) is 0 Å². The first-order valence-electron chi connectivity index (χ1n) is 2.81. The van der Waals surface area contributed by atoms with Crippen molar-refractivity contribution < 1.29 is 8.42 Å². The molecule has 0 saturated heterocycles. The molecule has 0 amide bonds. The average molecular weight is 161 g/mol. The largest absolute Gasteiger partial charge is 0.215 e. The Bertz CT molecular complexity index is 206. The van der Waals surface area contributed by atoms with Crippen LogP contribution in [-0.2, 0) is 10.0 Å². The van der Waals surface area contributed by atoms with Gasteiger partial charge in [-0.25, -0.2) is 13.1 Å². The van der Waals surface area contributed by atoms with Crippen molar-refractivity contribution in [3.8, 4) is 0 Å². The Kier molecular flexibility index (Phi) is 3.99. The molecule has 3 nitrogen and oxygen atoms in total. The van der Waals surface area contributed by atoms with E-state index < -0.39 is 10.0 Å². The van der Waals surface area contributed by atoms with Gasteiger partial charge in [-0.1, -0.05) is 12.2 Å². The lowest BCUT2D eigenvalue weighted by molar-refractivity contribution is 0.589. The molecule has 0 aromatic rings. The van der Waals surface area contributed by atoms with Crippen molar-refractivity contribution >= 4 is 10.0 Å². The highest BCUT2D eigenvalue weighted by Gasteiger charge is 2.03. The van der Waals surface area contributed by atoms with Crippen molar-refractivity contribution in [1.82, 2.24) is 4.72 Å². The van der Waals surface area contributed by atoms with Crippen molar-refractivity contribution in [3.63, 3.8) is 0 Å². The van der Waals surface area contributed by atoms with Crippen LogP contribution < -0.4 is 4.72 Å². The Morgan fingerprint density at radius 3 is 2.30 bits per heavy atom. The molecule has 1 N–H and O–H groups in total. The summed E-state index contributed by atoms with van der Waals surface area (Å²) in [4.78, 5) is 0. The number of sulfonamides is 1. The van der Waals surface area contributed by atoms with Crippen LogP contribution in [0.5, 0.6) is 0 Å². The highest BCUT2D eigenvalue weighted by atomic mass is 32.2. The van der Waals surface area contributed by atoms with E-state index in [2.05, 4.69) is 17.9 Å². The molecule has 4 heteroatoms. The molecule has 0 heterocycles. The summed E-state index contributed by atoms with van der Waals surface area (Å²) in [5.41, 5.74) is 0. The zero-order chi connectivity index (χ0) is 8.04. The van der Waals surface area contributed by atoms with Crippen molar-refractivity contribution in [2.24, 2.45) is 0 Å². The van der Waals surface area contributed by atoms with Crippen LogP contribution in [0, 0.1) is 0 Å². The Morgan fingerprint density at radius 2 is 1.90 bits per heavy atom. The number of hydrogen-bond donors (Lipinski definition) is 1. The summed E-state index contributed by atoms with van der Waals surface area (Å²) in [6.45, 7) is 6.95. The molecule has 0 rings (SSSR count). The van der Waals surface area contributed by atoms with Crippen molar-refractivity contribution in [2.75, 3.05) is 12.3 Å². The van der Waals surface area contributed by atoms with Gasteiger partial charge in [0.25, 0.3) is 0 Å². The van der Waals surface area contributed by atoms with Crippen molar-refractivity contribution in [2.45, 2.75) is 0 Å². The second kappa shape index (κ2) is 4.24. The van der Waals surface area contributed by atoms with Crippen molar-refractivity contribution in [3.05, 3.63) is 25.3 Å². The summed E-state index contributed by atoms with van der Waals surface area (Å²) in [7, 11) is -3.13. The first-order chi connectivity index (χ1) is 4.62. The molecular weight excluding hydrogens is 150 g/mol. The average Bonchev–Trinajstić information content (AvgIpc) is 1.84. The van der Waals surface area contributed by atoms with Crippen LogP contribution in [0.15, 0.2) is 25.3 Å². The lowest BCUT2D eigenvalue weighted by Crippen LogP contribution is -2.25. The maximum Gasteiger partial charge on any atom is 0.215 e. The minimum absolute atomic E-state index is 0.0408. The fourth-order valence-corrected chi connectivity index (χ4v) is 1.20. The zero-order valence-corrected chi connectivity index (χ0v) is 6.52. The highest BCUT2D eigenvalue weighted by molar-refractivity contribution is 7.89. The van der Waals surface area contributed by atoms with Gasteiger partial charge in [-0.3, -0.25) is 0 Å². The first-order valence-corrected chi connectivity index (χ1v) is 4.46. The van der Waals surface area contributed by atoms with Gasteiger partial charge in [0.2, 0.25) is 10.0 Å². The molecule has 0 unspecified atom stereocenters. The summed E-state index contributed by atoms with van der Waals surface area (Å²) in [5, 5.41) is 0. The molecular formula is C6H11NO2S. The van der Waals surface area contributed by atoms with Crippen LogP contribution in [0.25, 0.3) is 0 Å². The predicted octanol–water partition coefficient (Wildman–Crippen LogP) is 0.278. The van der Waals surface area contributed by atoms with E-state index in [0.717, 1.165) is 0 Å². The lowest BCUT2D eigenvalue weighted by atomic mass is 10.7. The monoisotopic (exact) mass is 161 g/mol. The Balaban J connectivity index is 3.87. The molecule has 0 aromatic carbocycles. The van der Waals surface area contributed by atoms with Crippen LogP contribution in [0.1, 0.15) is 0 Å². The topological polar surface area (TPSA) is 46.2 Å². The third-order valence-corrected chi connectivity index (χ3v) is 2.07. The number of hydrogen-bond acceptors (Lipinski definition) is 2. The maximum atomic E-state index is 10.8. The van der Waals surface area contributed by atoms with Gasteiger partial charge in [-0.05, 0) is 0 Å². The second-order valence-corrected chi connectivity index (χ2v) is 3.56. The van der Waals surface area contributed by atoms with Crippen LogP contribution >= 0.6 is 0 Å². The molecule has 0 aliphatic rings. The summed E-state index contributed by atoms with van der Waals surface area (Å²) in [5.74, 6) is -0.0408. The predicted molar refractivity (Wildman–Crippen MR) is 42.2 cm³/mol. The van der Waals surface area contributed by atoms with Gasteiger partial charge in [-0.15, -0.1) is 13.2 Å². The van der Waals surface area contributed by atoms with Gasteiger partial charge in [0, 0.05) is 6.54 Å². The van der Waals surface area contributed by atoms with Crippen LogP contribution in [0.4, 0.5) is 0 Å². The fraction of sp³-hybridized carbons (Fsp3) is 0.333. The Hall–Kier alpha value is -0.610. The molecule has 0 bridgehead atoms. The zero-order valence-electron chi connectivity index (χ0n) is 5.71. The van der Waals surface area contributed by atoms with E-state index in [9.17, 15) is 8.42 Å². The minimum Gasteiger partial charge on any atom is -0.212 e. The van der Waals surface area contributed by atoms with E-state index in [-0.39, 0.29) is 12.3 Å². The van der Waals surface area contributed by atoms with Crippen molar-refractivity contribution in [1.29, 1.82) is 0 Å². The molecule has 58 valence electrons. The molecule has 0 aliphatic heterocycles. The van der Waals surface area contributed by atoms with Crippen LogP contribution in [0.2, 0.25) is 0 Å². The second-order valence-electron chi connectivity index (χ2n) is 1.71. The maximum absolute atomic E-state index is 10.8. The molecule has 10 heavy (non-hydrogen) atoms. The summed E-state index contributed by atoms with van der Waals surface area (Å²) < 4.78 is 23.8. The van der Waals surface area contributed by atoms with E-state index in [0.29, 0.717) is 0 Å². The van der Waals surface area contributed by atoms with E-state index in [1.165, 1.54) is 12.2 Å². The summed E-state index contributed by atoms with van der Waals surface area (Å²) in [6, 6.07) is 0. The smallest absolute Gasteiger partial charge is 0.212 e. The molecule has 0 saturated carbocycles. The third kappa shape index (κ3) is 4.29. The Morgan fingerprint density at radius 1 is 1.30 bits per heavy atom. The molecule has 0 aromatic heterocycles. The van der Waals surface area contributed by atoms with Crippen LogP contribution in [-0.4, -0.2) is 20.7 Å². The van der Waals surface area contributed by atoms with Gasteiger partial charge >= 0.3 is 0 Å². The van der Waals surface area contributed by atoms with Gasteiger partial charge < -0.3 is 0 Å². The fourth-order valence-electron chi connectivity index (χ4n) is 0.400. The lowest BCUT2D eigenvalue weighted by Gasteiger charge is -1.98. The first kappa shape index (κ1) is 9.39. The summed E-state index contributed by atoms with van der Waals surface area (Å²) >= 11 is 0. The molecule has 0 radical (unpaired) electrons. The quantitative estimate of drug-likeness (QED) is 0.589. The van der Waals surface area contributed by atoms with E-state index in [4.69, 9.17) is 0 Å². The molecule has 0 spiro atoms. The Labute approximate surface area is 61.5 Å². The number of nitrogens with one attached hydrogen (secondary N) is 1. The number of rotatable bonds is 5. The standard InChI is InChI=1S/C6H11NO2S/c1-3-5-7-10(8,9)6-4-2/h3-4,7H,1-2,5-6H2. The molecule has 0 fully saturated rings. The van der Waals surface area contributed by atoms with Gasteiger partial charge in [0.05, 0.1) is 5.75 Å². The molecule has 0 atom stereocenters. The molecule has 0 aliphatic carbocycles. The van der Waals surface area contributed by atoms with E-state index >= 15 is 0 Å². The third-order valence-electron chi connectivity index (χ3n) is 0.785. The van der Waals surface area contributed by atoms with E-state index in [1.807, 2.05) is 0 Å². The highest BCUT2D eigenvalue weighted by Crippen LogP contribution is 1.82. The van der Waals surface area contributed by atoms with Gasteiger partial charge in [0.15, 0.2) is 0 Å². The van der Waals surface area contributed by atoms with Crippen LogP contribution in [0.3, 0.4) is 0 Å². The normalized spacial score (nSPS) is 10.8. The van der Waals surface area contributed by atoms with Gasteiger partial charge in [0.1, 0.15) is 0 Å². The van der Waals surface area contributed by atoms with Gasteiger partial charge in [-0.2, -0.15) is 0 Å². The summed E-state index contributed by atoms with van der Waals surface area (Å²) in [6.07, 6.45) is 2.83. The minimum atomic E-state index is -3.13.